The number of hydrogen-bond donors (Lipinski definition) is 2. The fourth-order valence-corrected chi connectivity index (χ4v) is 1.63. The van der Waals surface area contributed by atoms with Crippen LogP contribution < -0.4 is 15.8 Å². The summed E-state index contributed by atoms with van der Waals surface area (Å²) in [5.74, 6) is 1.30. The molecule has 1 aromatic carbocycles. The Labute approximate surface area is 114 Å². The average molecular weight is 265 g/mol. The number of para-hydroxylation sites is 1. The van der Waals surface area contributed by atoms with Gasteiger partial charge < -0.3 is 20.5 Å². The molecule has 0 aliphatic carbocycles. The number of aliphatic imine (C=N–C) groups is 1. The summed E-state index contributed by atoms with van der Waals surface area (Å²) in [6, 6.07) is 8.04. The van der Waals surface area contributed by atoms with Crippen LogP contribution in [-0.2, 0) is 4.74 Å². The lowest BCUT2D eigenvalue weighted by Crippen LogP contribution is -2.40. The van der Waals surface area contributed by atoms with Gasteiger partial charge in [0.2, 0.25) is 0 Å². The maximum Gasteiger partial charge on any atom is 0.188 e. The van der Waals surface area contributed by atoms with Gasteiger partial charge in [0.25, 0.3) is 0 Å². The van der Waals surface area contributed by atoms with Crippen LogP contribution in [0.3, 0.4) is 0 Å². The van der Waals surface area contributed by atoms with Crippen molar-refractivity contribution < 1.29 is 9.47 Å². The molecule has 106 valence electrons. The van der Waals surface area contributed by atoms with Crippen molar-refractivity contribution >= 4 is 5.96 Å². The van der Waals surface area contributed by atoms with Gasteiger partial charge in [-0.25, -0.2) is 4.99 Å². The van der Waals surface area contributed by atoms with Crippen molar-refractivity contribution in [3.05, 3.63) is 29.8 Å². The van der Waals surface area contributed by atoms with Gasteiger partial charge in [0.1, 0.15) is 12.4 Å². The molecule has 1 aromatic rings. The Morgan fingerprint density at radius 1 is 1.42 bits per heavy atom. The van der Waals surface area contributed by atoms with Gasteiger partial charge in [-0.15, -0.1) is 0 Å². The summed E-state index contributed by atoms with van der Waals surface area (Å²) in [4.78, 5) is 4.19. The number of nitrogens with two attached hydrogens (primary N) is 1. The van der Waals surface area contributed by atoms with E-state index in [1.54, 1.807) is 7.11 Å². The molecule has 0 amide bonds. The molecular weight excluding hydrogens is 242 g/mol. The third-order valence-corrected chi connectivity index (χ3v) is 2.54. The van der Waals surface area contributed by atoms with E-state index < -0.39 is 0 Å². The van der Waals surface area contributed by atoms with Crippen molar-refractivity contribution in [2.45, 2.75) is 19.9 Å². The summed E-state index contributed by atoms with van der Waals surface area (Å²) in [5, 5.41) is 3.04. The molecule has 0 saturated heterocycles. The number of nitrogens with one attached hydrogen (secondary N) is 1. The minimum atomic E-state index is 0.144. The molecule has 0 radical (unpaired) electrons. The van der Waals surface area contributed by atoms with Crippen molar-refractivity contribution in [1.29, 1.82) is 0 Å². The van der Waals surface area contributed by atoms with E-state index in [9.17, 15) is 0 Å². The van der Waals surface area contributed by atoms with Crippen LogP contribution in [0.5, 0.6) is 5.75 Å². The molecule has 0 aromatic heterocycles. The van der Waals surface area contributed by atoms with E-state index in [0.717, 1.165) is 11.3 Å². The lowest BCUT2D eigenvalue weighted by atomic mass is 10.2. The molecule has 0 aliphatic heterocycles. The van der Waals surface area contributed by atoms with Crippen LogP contribution in [0, 0.1) is 6.92 Å². The Balaban J connectivity index is 2.28. The first-order valence-corrected chi connectivity index (χ1v) is 6.37. The third kappa shape index (κ3) is 6.10. The minimum Gasteiger partial charge on any atom is -0.491 e. The van der Waals surface area contributed by atoms with Gasteiger partial charge >= 0.3 is 0 Å². The zero-order chi connectivity index (χ0) is 14.1. The second-order valence-corrected chi connectivity index (χ2v) is 4.38. The second kappa shape index (κ2) is 8.37. The monoisotopic (exact) mass is 265 g/mol. The van der Waals surface area contributed by atoms with Gasteiger partial charge in [-0.1, -0.05) is 18.2 Å². The number of nitrogens with zero attached hydrogens (tertiary/aromatic N) is 1. The van der Waals surface area contributed by atoms with E-state index in [0.29, 0.717) is 25.7 Å². The Morgan fingerprint density at radius 2 is 2.16 bits per heavy atom. The molecule has 5 heteroatoms. The van der Waals surface area contributed by atoms with Crippen molar-refractivity contribution in [2.24, 2.45) is 10.7 Å². The number of benzene rings is 1. The maximum atomic E-state index is 5.74. The molecule has 1 unspecified atom stereocenters. The third-order valence-electron chi connectivity index (χ3n) is 2.54. The largest absolute Gasteiger partial charge is 0.491 e. The molecule has 0 spiro atoms. The Morgan fingerprint density at radius 3 is 2.84 bits per heavy atom. The molecular formula is C14H23N3O2. The van der Waals surface area contributed by atoms with Crippen molar-refractivity contribution in [1.82, 2.24) is 5.32 Å². The van der Waals surface area contributed by atoms with Crippen molar-refractivity contribution in [2.75, 3.05) is 26.9 Å². The topological polar surface area (TPSA) is 68.9 Å². The SMILES string of the molecule is COCC(C)NC(N)=NCCOc1ccccc1C. The summed E-state index contributed by atoms with van der Waals surface area (Å²) in [6.07, 6.45) is 0. The first-order chi connectivity index (χ1) is 9.13. The number of ether oxygens (including phenoxy) is 2. The van der Waals surface area contributed by atoms with E-state index >= 15 is 0 Å². The zero-order valence-electron chi connectivity index (χ0n) is 11.8. The highest BCUT2D eigenvalue weighted by Gasteiger charge is 2.01. The van der Waals surface area contributed by atoms with Crippen LogP contribution in [0.2, 0.25) is 0 Å². The normalized spacial score (nSPS) is 13.1. The van der Waals surface area contributed by atoms with Crippen LogP contribution in [0.15, 0.2) is 29.3 Å². The predicted octanol–water partition coefficient (Wildman–Crippen LogP) is 1.31. The van der Waals surface area contributed by atoms with E-state index in [1.165, 1.54) is 0 Å². The summed E-state index contributed by atoms with van der Waals surface area (Å²) in [7, 11) is 1.65. The summed E-state index contributed by atoms with van der Waals surface area (Å²) >= 11 is 0. The average Bonchev–Trinajstić information content (AvgIpc) is 2.36. The van der Waals surface area contributed by atoms with E-state index in [-0.39, 0.29) is 6.04 Å². The van der Waals surface area contributed by atoms with Gasteiger partial charge in [0.15, 0.2) is 5.96 Å². The lowest BCUT2D eigenvalue weighted by molar-refractivity contribution is 0.179. The highest BCUT2D eigenvalue weighted by atomic mass is 16.5. The zero-order valence-corrected chi connectivity index (χ0v) is 11.8. The van der Waals surface area contributed by atoms with Gasteiger partial charge in [-0.2, -0.15) is 0 Å². The summed E-state index contributed by atoms with van der Waals surface area (Å²) in [6.45, 7) is 5.62. The van der Waals surface area contributed by atoms with E-state index in [2.05, 4.69) is 10.3 Å². The molecule has 3 N–H and O–H groups in total. The number of aryl methyl sites for hydroxylation is 1. The number of methoxy groups -OCH3 is 1. The quantitative estimate of drug-likeness (QED) is 0.443. The molecule has 0 fully saturated rings. The van der Waals surface area contributed by atoms with Crippen molar-refractivity contribution in [3.63, 3.8) is 0 Å². The standard InChI is InChI=1S/C14H23N3O2/c1-11-6-4-5-7-13(11)19-9-8-16-14(15)17-12(2)10-18-3/h4-7,12H,8-10H2,1-3H3,(H3,15,16,17). The van der Waals surface area contributed by atoms with E-state index in [1.807, 2.05) is 38.1 Å². The van der Waals surface area contributed by atoms with E-state index in [4.69, 9.17) is 15.2 Å². The Bertz CT molecular complexity index is 407. The molecule has 0 heterocycles. The van der Waals surface area contributed by atoms with Crippen LogP contribution in [0.1, 0.15) is 12.5 Å². The molecule has 5 nitrogen and oxygen atoms in total. The summed E-state index contributed by atoms with van der Waals surface area (Å²) < 4.78 is 10.6. The molecule has 19 heavy (non-hydrogen) atoms. The molecule has 0 saturated carbocycles. The minimum absolute atomic E-state index is 0.144. The highest BCUT2D eigenvalue weighted by molar-refractivity contribution is 5.78. The second-order valence-electron chi connectivity index (χ2n) is 4.38. The summed E-state index contributed by atoms with van der Waals surface area (Å²) in [5.41, 5.74) is 6.86. The van der Waals surface area contributed by atoms with Crippen LogP contribution in [-0.4, -0.2) is 38.9 Å². The smallest absolute Gasteiger partial charge is 0.188 e. The maximum absolute atomic E-state index is 5.74. The first kappa shape index (κ1) is 15.3. The van der Waals surface area contributed by atoms with Crippen molar-refractivity contribution in [3.8, 4) is 5.75 Å². The molecule has 0 bridgehead atoms. The fourth-order valence-electron chi connectivity index (χ4n) is 1.63. The van der Waals surface area contributed by atoms with Gasteiger partial charge in [-0.05, 0) is 25.5 Å². The molecule has 0 aliphatic rings. The van der Waals surface area contributed by atoms with Crippen LogP contribution in [0.4, 0.5) is 0 Å². The van der Waals surface area contributed by atoms with Crippen LogP contribution >= 0.6 is 0 Å². The first-order valence-electron chi connectivity index (χ1n) is 6.37. The Kier molecular flexibility index (Phi) is 6.74. The number of guanidine groups is 1. The van der Waals surface area contributed by atoms with Gasteiger partial charge in [-0.3, -0.25) is 0 Å². The number of rotatable bonds is 7. The van der Waals surface area contributed by atoms with Crippen LogP contribution in [0.25, 0.3) is 0 Å². The Hall–Kier alpha value is -1.75. The molecule has 1 rings (SSSR count). The fraction of sp³-hybridized carbons (Fsp3) is 0.500. The number of hydrogen-bond acceptors (Lipinski definition) is 3. The van der Waals surface area contributed by atoms with Gasteiger partial charge in [0, 0.05) is 13.2 Å². The highest BCUT2D eigenvalue weighted by Crippen LogP contribution is 2.15. The molecule has 1 atom stereocenters. The lowest BCUT2D eigenvalue weighted by Gasteiger charge is -2.13. The van der Waals surface area contributed by atoms with Gasteiger partial charge in [0.05, 0.1) is 13.2 Å². The predicted molar refractivity (Wildman–Crippen MR) is 77.6 cm³/mol.